The zero-order chi connectivity index (χ0) is 16.4. The number of fused-ring (bicyclic) bond motifs is 1. The molecule has 1 aromatic heterocycles. The van der Waals surface area contributed by atoms with Gasteiger partial charge in [0.25, 0.3) is 0 Å². The van der Waals surface area contributed by atoms with E-state index in [-0.39, 0.29) is 0 Å². The number of aromatic nitrogens is 1. The van der Waals surface area contributed by atoms with Crippen LogP contribution in [0.5, 0.6) is 5.75 Å². The molecule has 0 aliphatic carbocycles. The van der Waals surface area contributed by atoms with Crippen molar-refractivity contribution >= 4 is 22.4 Å². The molecule has 0 saturated carbocycles. The zero-order valence-corrected chi connectivity index (χ0v) is 13.7. The van der Waals surface area contributed by atoms with Gasteiger partial charge in [-0.15, -0.1) is 0 Å². The number of nitrogens with zero attached hydrogens (tertiary/aromatic N) is 1. The quantitative estimate of drug-likeness (QED) is 0.847. The van der Waals surface area contributed by atoms with E-state index in [1.54, 1.807) is 7.11 Å². The average Bonchev–Trinajstić information content (AvgIpc) is 2.96. The van der Waals surface area contributed by atoms with Gasteiger partial charge in [0, 0.05) is 0 Å². The fourth-order valence-electron chi connectivity index (χ4n) is 3.16. The van der Waals surface area contributed by atoms with Crippen molar-refractivity contribution in [2.75, 3.05) is 25.9 Å². The molecule has 0 unspecified atom stereocenters. The molecule has 122 valence electrons. The van der Waals surface area contributed by atoms with Crippen LogP contribution in [0, 0.1) is 5.92 Å². The largest absolute Gasteiger partial charge is 0.496 e. The van der Waals surface area contributed by atoms with E-state index < -0.39 is 0 Å². The summed E-state index contributed by atoms with van der Waals surface area (Å²) in [6.45, 7) is 8.56. The molecule has 5 heteroatoms. The van der Waals surface area contributed by atoms with Crippen molar-refractivity contribution in [2.45, 2.75) is 19.8 Å². The smallest absolute Gasteiger partial charge is 0.178 e. The third kappa shape index (κ3) is 3.10. The molecule has 23 heavy (non-hydrogen) atoms. The molecular formula is C18H23N3O2. The van der Waals surface area contributed by atoms with Crippen LogP contribution in [-0.4, -0.2) is 25.4 Å². The summed E-state index contributed by atoms with van der Waals surface area (Å²) in [5, 5.41) is 7.92. The van der Waals surface area contributed by atoms with Crippen molar-refractivity contribution in [3.05, 3.63) is 35.9 Å². The van der Waals surface area contributed by atoms with E-state index in [1.165, 1.54) is 18.4 Å². The number of nitrogen functional groups attached to an aromatic ring is 1. The third-order valence-electron chi connectivity index (χ3n) is 4.54. The molecule has 1 aliphatic rings. The third-order valence-corrected chi connectivity index (χ3v) is 4.54. The molecule has 2 aromatic rings. The maximum Gasteiger partial charge on any atom is 0.178 e. The summed E-state index contributed by atoms with van der Waals surface area (Å²) in [5.74, 6) is 1.63. The molecule has 3 rings (SSSR count). The maximum absolute atomic E-state index is 5.83. The molecule has 0 radical (unpaired) electrons. The van der Waals surface area contributed by atoms with Crippen molar-refractivity contribution in [1.82, 2.24) is 10.5 Å². The molecule has 0 atom stereocenters. The number of nitrogens with one attached hydrogen (secondary N) is 1. The van der Waals surface area contributed by atoms with Crippen molar-refractivity contribution in [1.29, 1.82) is 0 Å². The molecule has 2 heterocycles. The van der Waals surface area contributed by atoms with Crippen molar-refractivity contribution in [2.24, 2.45) is 5.92 Å². The first-order valence-corrected chi connectivity index (χ1v) is 7.91. The van der Waals surface area contributed by atoms with Crippen LogP contribution in [0.3, 0.4) is 0 Å². The predicted molar refractivity (Wildman–Crippen MR) is 93.4 cm³/mol. The minimum atomic E-state index is 0.343. The van der Waals surface area contributed by atoms with Gasteiger partial charge in [0.1, 0.15) is 11.1 Å². The Hall–Kier alpha value is -2.27. The molecule has 1 fully saturated rings. The van der Waals surface area contributed by atoms with Gasteiger partial charge in [0.05, 0.1) is 7.11 Å². The number of allylic oxidation sites excluding steroid dienone is 3. The van der Waals surface area contributed by atoms with Gasteiger partial charge in [-0.2, -0.15) is 0 Å². The Labute approximate surface area is 136 Å². The van der Waals surface area contributed by atoms with Gasteiger partial charge >= 0.3 is 0 Å². The van der Waals surface area contributed by atoms with E-state index >= 15 is 0 Å². The van der Waals surface area contributed by atoms with Gasteiger partial charge in [-0.1, -0.05) is 23.4 Å². The van der Waals surface area contributed by atoms with Crippen LogP contribution in [0.2, 0.25) is 0 Å². The minimum absolute atomic E-state index is 0.343. The lowest BCUT2D eigenvalue weighted by atomic mass is 9.89. The number of methoxy groups -OCH3 is 1. The van der Waals surface area contributed by atoms with Crippen LogP contribution in [0.25, 0.3) is 16.5 Å². The van der Waals surface area contributed by atoms with Gasteiger partial charge in [-0.25, -0.2) is 0 Å². The maximum atomic E-state index is 5.83. The normalized spacial score (nSPS) is 16.7. The first-order chi connectivity index (χ1) is 11.1. The van der Waals surface area contributed by atoms with Gasteiger partial charge in [-0.3, -0.25) is 0 Å². The Kier molecular flexibility index (Phi) is 4.39. The lowest BCUT2D eigenvalue weighted by molar-refractivity contribution is 0.419. The number of hydrogen-bond acceptors (Lipinski definition) is 5. The number of anilines is 1. The topological polar surface area (TPSA) is 73.3 Å². The molecule has 0 spiro atoms. The standard InChI is InChI=1S/C18H23N3O2/c1-11(13-4-6-20-7-5-13)8-12(2)14-9-15(22-3)17-16(10-14)23-21-18(17)19/h8-10,13,20H,2,4-7H2,1,3H3,(H2,19,21)/b11-8+. The minimum Gasteiger partial charge on any atom is -0.496 e. The first-order valence-electron chi connectivity index (χ1n) is 7.91. The molecule has 1 aromatic carbocycles. The molecule has 1 aliphatic heterocycles. The summed E-state index contributed by atoms with van der Waals surface area (Å²) >= 11 is 0. The second kappa shape index (κ2) is 6.46. The van der Waals surface area contributed by atoms with Crippen LogP contribution in [-0.2, 0) is 0 Å². The summed E-state index contributed by atoms with van der Waals surface area (Å²) in [7, 11) is 1.61. The number of hydrogen-bond donors (Lipinski definition) is 2. The van der Waals surface area contributed by atoms with Crippen LogP contribution in [0.1, 0.15) is 25.3 Å². The summed E-state index contributed by atoms with van der Waals surface area (Å²) in [4.78, 5) is 0. The van der Waals surface area contributed by atoms with E-state index in [0.29, 0.717) is 28.5 Å². The molecule has 1 saturated heterocycles. The van der Waals surface area contributed by atoms with Crippen LogP contribution >= 0.6 is 0 Å². The number of rotatable bonds is 4. The highest BCUT2D eigenvalue weighted by atomic mass is 16.5. The lowest BCUT2D eigenvalue weighted by Crippen LogP contribution is -2.28. The Balaban J connectivity index is 1.91. The zero-order valence-electron chi connectivity index (χ0n) is 13.7. The number of nitrogens with two attached hydrogens (primary N) is 1. The van der Waals surface area contributed by atoms with E-state index in [2.05, 4.69) is 30.1 Å². The fraction of sp³-hybridized carbons (Fsp3) is 0.389. The summed E-state index contributed by atoms with van der Waals surface area (Å²) in [6.07, 6.45) is 4.52. The van der Waals surface area contributed by atoms with Gasteiger partial charge in [0.2, 0.25) is 0 Å². The average molecular weight is 313 g/mol. The second-order valence-corrected chi connectivity index (χ2v) is 6.06. The fourth-order valence-corrected chi connectivity index (χ4v) is 3.16. The predicted octanol–water partition coefficient (Wildman–Crippen LogP) is 3.38. The van der Waals surface area contributed by atoms with Gasteiger partial charge in [-0.05, 0) is 62.0 Å². The van der Waals surface area contributed by atoms with Crippen molar-refractivity contribution < 1.29 is 9.26 Å². The summed E-state index contributed by atoms with van der Waals surface area (Å²) < 4.78 is 10.7. The van der Waals surface area contributed by atoms with E-state index in [0.717, 1.165) is 24.2 Å². The van der Waals surface area contributed by atoms with Crippen molar-refractivity contribution in [3.8, 4) is 5.75 Å². The van der Waals surface area contributed by atoms with Crippen LogP contribution in [0.15, 0.2) is 34.9 Å². The molecule has 5 nitrogen and oxygen atoms in total. The Morgan fingerprint density at radius 3 is 2.87 bits per heavy atom. The van der Waals surface area contributed by atoms with E-state index in [4.69, 9.17) is 15.0 Å². The molecule has 0 amide bonds. The Morgan fingerprint density at radius 2 is 2.17 bits per heavy atom. The van der Waals surface area contributed by atoms with Crippen LogP contribution < -0.4 is 15.8 Å². The second-order valence-electron chi connectivity index (χ2n) is 6.06. The summed E-state index contributed by atoms with van der Waals surface area (Å²) in [6, 6.07) is 3.85. The Morgan fingerprint density at radius 1 is 1.43 bits per heavy atom. The highest BCUT2D eigenvalue weighted by molar-refractivity contribution is 5.95. The number of benzene rings is 1. The number of ether oxygens (including phenoxy) is 1. The van der Waals surface area contributed by atoms with Gasteiger partial charge in [0.15, 0.2) is 11.4 Å². The van der Waals surface area contributed by atoms with Gasteiger partial charge < -0.3 is 20.3 Å². The SMILES string of the molecule is C=C(/C=C(\C)C1CCNCC1)c1cc(OC)c2c(N)noc2c1. The summed E-state index contributed by atoms with van der Waals surface area (Å²) in [5.41, 5.74) is 9.71. The molecule has 0 bridgehead atoms. The van der Waals surface area contributed by atoms with Crippen molar-refractivity contribution in [3.63, 3.8) is 0 Å². The number of piperidine rings is 1. The highest BCUT2D eigenvalue weighted by Gasteiger charge is 2.16. The van der Waals surface area contributed by atoms with Crippen LogP contribution in [0.4, 0.5) is 5.82 Å². The monoisotopic (exact) mass is 313 g/mol. The highest BCUT2D eigenvalue weighted by Crippen LogP contribution is 2.34. The Bertz CT molecular complexity index is 755. The lowest BCUT2D eigenvalue weighted by Gasteiger charge is -2.23. The van der Waals surface area contributed by atoms with E-state index in [9.17, 15) is 0 Å². The van der Waals surface area contributed by atoms with E-state index in [1.807, 2.05) is 12.1 Å². The molecular weight excluding hydrogens is 290 g/mol. The first kappa shape index (κ1) is 15.6. The molecule has 3 N–H and O–H groups in total.